The number of benzene rings is 2. The van der Waals surface area contributed by atoms with E-state index in [1.54, 1.807) is 18.2 Å². The standard InChI is InChI=1S/C18H11Cl2FN2O3S/c19-11-5-10(6-12-16(24)22-18(27)23-17(12)25)15(13(20)7-11)26-8-9-3-1-2-4-14(9)21/h1-7H,8H2,(H2,22,23,24,25,27). The van der Waals surface area contributed by atoms with Crippen LogP contribution in [0.2, 0.25) is 10.0 Å². The van der Waals surface area contributed by atoms with Gasteiger partial charge in [0, 0.05) is 16.1 Å². The second-order valence-corrected chi connectivity index (χ2v) is 6.73. The number of hydrogen-bond acceptors (Lipinski definition) is 4. The van der Waals surface area contributed by atoms with Gasteiger partial charge < -0.3 is 4.74 Å². The molecule has 1 aliphatic rings. The first kappa shape index (κ1) is 19.3. The molecule has 3 rings (SSSR count). The van der Waals surface area contributed by atoms with Crippen molar-refractivity contribution < 1.29 is 18.7 Å². The fraction of sp³-hybridized carbons (Fsp3) is 0.0556. The molecule has 9 heteroatoms. The average molecular weight is 425 g/mol. The minimum Gasteiger partial charge on any atom is -0.487 e. The van der Waals surface area contributed by atoms with E-state index < -0.39 is 17.6 Å². The molecular weight excluding hydrogens is 414 g/mol. The maximum atomic E-state index is 13.8. The smallest absolute Gasteiger partial charge is 0.263 e. The molecule has 0 bridgehead atoms. The highest BCUT2D eigenvalue weighted by molar-refractivity contribution is 7.80. The molecule has 27 heavy (non-hydrogen) atoms. The van der Waals surface area contributed by atoms with Crippen molar-refractivity contribution in [2.45, 2.75) is 6.61 Å². The molecule has 1 fully saturated rings. The van der Waals surface area contributed by atoms with Crippen LogP contribution in [0.5, 0.6) is 5.75 Å². The number of carbonyl (C=O) groups is 2. The molecule has 2 N–H and O–H groups in total. The zero-order valence-corrected chi connectivity index (χ0v) is 15.8. The SMILES string of the molecule is O=C1NC(=S)NC(=O)C1=Cc1cc(Cl)cc(Cl)c1OCc1ccccc1F. The van der Waals surface area contributed by atoms with Crippen LogP contribution < -0.4 is 15.4 Å². The topological polar surface area (TPSA) is 67.4 Å². The van der Waals surface area contributed by atoms with Crippen LogP contribution >= 0.6 is 35.4 Å². The van der Waals surface area contributed by atoms with Gasteiger partial charge in [-0.25, -0.2) is 4.39 Å². The molecule has 1 aliphatic heterocycles. The Labute approximate surface area is 169 Å². The van der Waals surface area contributed by atoms with Crippen molar-refractivity contribution in [1.29, 1.82) is 0 Å². The van der Waals surface area contributed by atoms with Gasteiger partial charge in [0.15, 0.2) is 5.11 Å². The molecule has 0 unspecified atom stereocenters. The van der Waals surface area contributed by atoms with Gasteiger partial charge in [-0.2, -0.15) is 0 Å². The molecule has 0 radical (unpaired) electrons. The number of carbonyl (C=O) groups excluding carboxylic acids is 2. The molecule has 2 amide bonds. The van der Waals surface area contributed by atoms with Crippen LogP contribution in [0.4, 0.5) is 4.39 Å². The molecule has 0 aromatic heterocycles. The average Bonchev–Trinajstić information content (AvgIpc) is 2.58. The summed E-state index contributed by atoms with van der Waals surface area (Å²) in [4.78, 5) is 24.1. The summed E-state index contributed by atoms with van der Waals surface area (Å²) < 4.78 is 19.5. The lowest BCUT2D eigenvalue weighted by atomic mass is 10.1. The van der Waals surface area contributed by atoms with E-state index in [1.807, 2.05) is 0 Å². The molecule has 138 valence electrons. The lowest BCUT2D eigenvalue weighted by Crippen LogP contribution is -2.51. The molecule has 0 saturated carbocycles. The number of nitrogens with one attached hydrogen (secondary N) is 2. The first-order valence-corrected chi connectivity index (χ1v) is 8.75. The lowest BCUT2D eigenvalue weighted by molar-refractivity contribution is -0.123. The van der Waals surface area contributed by atoms with Gasteiger partial charge in [-0.05, 0) is 36.5 Å². The summed E-state index contributed by atoms with van der Waals surface area (Å²) in [6, 6.07) is 9.04. The Kier molecular flexibility index (Phi) is 5.74. The lowest BCUT2D eigenvalue weighted by Gasteiger charge is -2.17. The Morgan fingerprint density at radius 2 is 1.78 bits per heavy atom. The molecule has 2 aromatic rings. The molecule has 1 heterocycles. The van der Waals surface area contributed by atoms with Gasteiger partial charge in [-0.15, -0.1) is 0 Å². The highest BCUT2D eigenvalue weighted by Crippen LogP contribution is 2.34. The Hall–Kier alpha value is -2.48. The Balaban J connectivity index is 1.97. The highest BCUT2D eigenvalue weighted by atomic mass is 35.5. The number of ether oxygens (including phenoxy) is 1. The van der Waals surface area contributed by atoms with Gasteiger partial charge in [0.2, 0.25) is 0 Å². The van der Waals surface area contributed by atoms with Crippen molar-refractivity contribution in [3.63, 3.8) is 0 Å². The highest BCUT2D eigenvalue weighted by Gasteiger charge is 2.26. The van der Waals surface area contributed by atoms with Gasteiger partial charge in [0.1, 0.15) is 23.7 Å². The summed E-state index contributed by atoms with van der Waals surface area (Å²) in [5.41, 5.74) is 0.412. The van der Waals surface area contributed by atoms with E-state index in [4.69, 9.17) is 40.2 Å². The van der Waals surface area contributed by atoms with Crippen molar-refractivity contribution in [3.05, 3.63) is 69.0 Å². The van der Waals surface area contributed by atoms with Crippen LogP contribution in [0.25, 0.3) is 6.08 Å². The van der Waals surface area contributed by atoms with E-state index >= 15 is 0 Å². The normalized spacial score (nSPS) is 13.9. The number of thiocarbonyl (C=S) groups is 1. The minimum atomic E-state index is -0.667. The van der Waals surface area contributed by atoms with E-state index in [-0.39, 0.29) is 38.7 Å². The van der Waals surface area contributed by atoms with E-state index in [0.29, 0.717) is 5.56 Å². The predicted octanol–water partition coefficient (Wildman–Crippen LogP) is 3.63. The molecule has 1 saturated heterocycles. The van der Waals surface area contributed by atoms with Crippen LogP contribution in [0.1, 0.15) is 11.1 Å². The van der Waals surface area contributed by atoms with E-state index in [9.17, 15) is 14.0 Å². The fourth-order valence-electron chi connectivity index (χ4n) is 2.37. The molecule has 0 atom stereocenters. The summed E-state index contributed by atoms with van der Waals surface area (Å²) in [5, 5.41) is 5.00. The Bertz CT molecular complexity index is 973. The number of hydrogen-bond donors (Lipinski definition) is 2. The second-order valence-electron chi connectivity index (χ2n) is 5.48. The van der Waals surface area contributed by atoms with Gasteiger partial charge in [-0.1, -0.05) is 41.4 Å². The number of rotatable bonds is 4. The Morgan fingerprint density at radius 3 is 2.44 bits per heavy atom. The quantitative estimate of drug-likeness (QED) is 0.446. The molecule has 0 aliphatic carbocycles. The molecular formula is C18H11Cl2FN2O3S. The monoisotopic (exact) mass is 424 g/mol. The number of halogens is 3. The summed E-state index contributed by atoms with van der Waals surface area (Å²) >= 11 is 17.0. The molecule has 0 spiro atoms. The van der Waals surface area contributed by atoms with Gasteiger partial charge in [0.25, 0.3) is 11.8 Å². The maximum Gasteiger partial charge on any atom is 0.263 e. The minimum absolute atomic E-state index is 0.0812. The van der Waals surface area contributed by atoms with Crippen molar-refractivity contribution in [3.8, 4) is 5.75 Å². The van der Waals surface area contributed by atoms with Crippen molar-refractivity contribution in [2.24, 2.45) is 0 Å². The van der Waals surface area contributed by atoms with Gasteiger partial charge in [0.05, 0.1) is 5.02 Å². The summed E-state index contributed by atoms with van der Waals surface area (Å²) in [6.07, 6.45) is 1.28. The zero-order valence-electron chi connectivity index (χ0n) is 13.5. The Morgan fingerprint density at radius 1 is 1.11 bits per heavy atom. The van der Waals surface area contributed by atoms with Crippen LogP contribution in [0.15, 0.2) is 42.0 Å². The van der Waals surface area contributed by atoms with E-state index in [0.717, 1.165) is 0 Å². The van der Waals surface area contributed by atoms with Crippen molar-refractivity contribution in [2.75, 3.05) is 0 Å². The number of amides is 2. The summed E-state index contributed by atoms with van der Waals surface area (Å²) in [6.45, 7) is -0.104. The fourth-order valence-corrected chi connectivity index (χ4v) is 3.12. The first-order chi connectivity index (χ1) is 12.8. The third-order valence-electron chi connectivity index (χ3n) is 3.61. The maximum absolute atomic E-state index is 13.8. The van der Waals surface area contributed by atoms with Crippen molar-refractivity contribution in [1.82, 2.24) is 10.6 Å². The second kappa shape index (κ2) is 8.04. The summed E-state index contributed by atoms with van der Waals surface area (Å²) in [5.74, 6) is -1.60. The largest absolute Gasteiger partial charge is 0.487 e. The van der Waals surface area contributed by atoms with E-state index in [1.165, 1.54) is 24.3 Å². The van der Waals surface area contributed by atoms with Gasteiger partial charge >= 0.3 is 0 Å². The van der Waals surface area contributed by atoms with Crippen LogP contribution in [0.3, 0.4) is 0 Å². The molecule has 5 nitrogen and oxygen atoms in total. The first-order valence-electron chi connectivity index (χ1n) is 7.59. The van der Waals surface area contributed by atoms with Crippen LogP contribution in [-0.2, 0) is 16.2 Å². The van der Waals surface area contributed by atoms with Crippen molar-refractivity contribution >= 4 is 58.4 Å². The van der Waals surface area contributed by atoms with Crippen LogP contribution in [-0.4, -0.2) is 16.9 Å². The van der Waals surface area contributed by atoms with Crippen LogP contribution in [0, 0.1) is 5.82 Å². The summed E-state index contributed by atoms with van der Waals surface area (Å²) in [7, 11) is 0. The predicted molar refractivity (Wildman–Crippen MR) is 104 cm³/mol. The molecule has 2 aromatic carbocycles. The third kappa shape index (κ3) is 4.44. The zero-order chi connectivity index (χ0) is 19.6. The third-order valence-corrected chi connectivity index (χ3v) is 4.31. The van der Waals surface area contributed by atoms with Gasteiger partial charge in [-0.3, -0.25) is 20.2 Å². The van der Waals surface area contributed by atoms with E-state index in [2.05, 4.69) is 10.6 Å².